The van der Waals surface area contributed by atoms with Crippen LogP contribution in [0, 0.1) is 13.8 Å². The van der Waals surface area contributed by atoms with Crippen molar-refractivity contribution >= 4 is 27.0 Å². The summed E-state index contributed by atoms with van der Waals surface area (Å²) in [6.45, 7) is 7.66. The van der Waals surface area contributed by atoms with Crippen LogP contribution >= 0.6 is 15.9 Å². The number of nitrogens with zero attached hydrogens (tertiary/aromatic N) is 2. The molecule has 1 heterocycles. The summed E-state index contributed by atoms with van der Waals surface area (Å²) in [6, 6.07) is 12.9. The van der Waals surface area contributed by atoms with E-state index in [1.54, 1.807) is 0 Å². The number of aromatic nitrogens is 2. The van der Waals surface area contributed by atoms with Crippen LogP contribution in [0.3, 0.4) is 0 Å². The van der Waals surface area contributed by atoms with E-state index in [9.17, 15) is 0 Å². The van der Waals surface area contributed by atoms with Crippen LogP contribution in [-0.4, -0.2) is 9.55 Å². The fourth-order valence-corrected chi connectivity index (χ4v) is 3.97. The van der Waals surface area contributed by atoms with Crippen molar-refractivity contribution in [3.8, 4) is 11.4 Å². The number of halogens is 1. The van der Waals surface area contributed by atoms with Crippen molar-refractivity contribution < 1.29 is 0 Å². The molecule has 3 rings (SSSR count). The van der Waals surface area contributed by atoms with Gasteiger partial charge in [0.25, 0.3) is 0 Å². The molecule has 26 heavy (non-hydrogen) atoms. The Bertz CT molecular complexity index is 879. The van der Waals surface area contributed by atoms with Gasteiger partial charge in [0.15, 0.2) is 0 Å². The molecule has 0 saturated heterocycles. The second kappa shape index (κ2) is 8.85. The molecule has 0 radical (unpaired) electrons. The molecule has 0 fully saturated rings. The lowest BCUT2D eigenvalue weighted by Gasteiger charge is -2.11. The van der Waals surface area contributed by atoms with Crippen LogP contribution in [0.2, 0.25) is 0 Å². The smallest absolute Gasteiger partial charge is 0.142 e. The first-order chi connectivity index (χ1) is 12.6. The number of fused-ring (bicyclic) bond motifs is 1. The highest BCUT2D eigenvalue weighted by molar-refractivity contribution is 9.10. The van der Waals surface area contributed by atoms with Gasteiger partial charge in [-0.25, -0.2) is 4.98 Å². The van der Waals surface area contributed by atoms with Gasteiger partial charge in [-0.15, -0.1) is 0 Å². The SMILES string of the molecule is CCCCCCCCn1c(-c2ccccc2Br)nc2cc(C)c(C)cc21. The molecule has 0 aliphatic rings. The quantitative estimate of drug-likeness (QED) is 0.351. The summed E-state index contributed by atoms with van der Waals surface area (Å²) in [4.78, 5) is 5.01. The predicted octanol–water partition coefficient (Wildman–Crippen LogP) is 7.44. The summed E-state index contributed by atoms with van der Waals surface area (Å²) in [5.41, 5.74) is 6.17. The Morgan fingerprint density at radius 1 is 0.923 bits per heavy atom. The summed E-state index contributed by atoms with van der Waals surface area (Å²) < 4.78 is 3.52. The van der Waals surface area contributed by atoms with Gasteiger partial charge in [0, 0.05) is 16.6 Å². The molecular weight excluding hydrogens is 384 g/mol. The molecule has 0 aliphatic carbocycles. The predicted molar refractivity (Wildman–Crippen MR) is 116 cm³/mol. The van der Waals surface area contributed by atoms with Gasteiger partial charge < -0.3 is 4.57 Å². The summed E-state index contributed by atoms with van der Waals surface area (Å²) in [6.07, 6.45) is 7.85. The first kappa shape index (κ1) is 19.2. The Hall–Kier alpha value is -1.61. The summed E-state index contributed by atoms with van der Waals surface area (Å²) in [7, 11) is 0. The fourth-order valence-electron chi connectivity index (χ4n) is 3.50. The van der Waals surface area contributed by atoms with Crippen molar-refractivity contribution in [3.63, 3.8) is 0 Å². The van der Waals surface area contributed by atoms with Gasteiger partial charge in [-0.05, 0) is 49.6 Å². The molecule has 0 atom stereocenters. The van der Waals surface area contributed by atoms with Gasteiger partial charge in [0.1, 0.15) is 5.82 Å². The molecule has 0 N–H and O–H groups in total. The molecule has 0 bridgehead atoms. The zero-order valence-corrected chi connectivity index (χ0v) is 17.8. The van der Waals surface area contributed by atoms with E-state index in [-0.39, 0.29) is 0 Å². The Morgan fingerprint density at radius 2 is 1.62 bits per heavy atom. The van der Waals surface area contributed by atoms with E-state index in [0.29, 0.717) is 0 Å². The molecular formula is C23H29BrN2. The highest BCUT2D eigenvalue weighted by Crippen LogP contribution is 2.32. The fraction of sp³-hybridized carbons (Fsp3) is 0.435. The maximum absolute atomic E-state index is 5.01. The van der Waals surface area contributed by atoms with Crippen molar-refractivity contribution in [1.29, 1.82) is 0 Å². The third-order valence-corrected chi connectivity index (χ3v) is 5.91. The van der Waals surface area contributed by atoms with Crippen molar-refractivity contribution in [2.24, 2.45) is 0 Å². The van der Waals surface area contributed by atoms with Gasteiger partial charge in [-0.2, -0.15) is 0 Å². The topological polar surface area (TPSA) is 17.8 Å². The van der Waals surface area contributed by atoms with Crippen molar-refractivity contribution in [3.05, 3.63) is 52.0 Å². The molecule has 1 aromatic heterocycles. The monoisotopic (exact) mass is 412 g/mol. The standard InChI is InChI=1S/C23H29BrN2/c1-4-5-6-7-8-11-14-26-22-16-18(3)17(2)15-21(22)25-23(26)19-12-9-10-13-20(19)24/h9-10,12-13,15-16H,4-8,11,14H2,1-3H3. The zero-order chi connectivity index (χ0) is 18.5. The average Bonchev–Trinajstić information content (AvgIpc) is 2.96. The number of unbranched alkanes of at least 4 members (excludes halogenated alkanes) is 5. The average molecular weight is 413 g/mol. The molecule has 2 aromatic carbocycles. The lowest BCUT2D eigenvalue weighted by molar-refractivity contribution is 0.566. The number of rotatable bonds is 8. The molecule has 138 valence electrons. The van der Waals surface area contributed by atoms with E-state index < -0.39 is 0 Å². The van der Waals surface area contributed by atoms with E-state index in [2.05, 4.69) is 77.7 Å². The molecule has 0 amide bonds. The van der Waals surface area contributed by atoms with Crippen molar-refractivity contribution in [1.82, 2.24) is 9.55 Å². The third kappa shape index (κ3) is 4.20. The van der Waals surface area contributed by atoms with Gasteiger partial charge in [-0.1, -0.05) is 73.2 Å². The van der Waals surface area contributed by atoms with Crippen LogP contribution in [-0.2, 0) is 6.54 Å². The molecule has 0 saturated carbocycles. The minimum Gasteiger partial charge on any atom is -0.324 e. The number of imidazole rings is 1. The second-order valence-electron chi connectivity index (χ2n) is 7.26. The minimum atomic E-state index is 1.03. The third-order valence-electron chi connectivity index (χ3n) is 5.21. The maximum atomic E-state index is 5.01. The molecule has 0 spiro atoms. The van der Waals surface area contributed by atoms with Crippen LogP contribution in [0.5, 0.6) is 0 Å². The van der Waals surface area contributed by atoms with Crippen LogP contribution in [0.25, 0.3) is 22.4 Å². The largest absolute Gasteiger partial charge is 0.324 e. The Kier molecular flexibility index (Phi) is 6.53. The van der Waals surface area contributed by atoms with E-state index in [4.69, 9.17) is 4.98 Å². The second-order valence-corrected chi connectivity index (χ2v) is 8.11. The van der Waals surface area contributed by atoms with Gasteiger partial charge in [0.2, 0.25) is 0 Å². The van der Waals surface area contributed by atoms with E-state index in [0.717, 1.165) is 22.4 Å². The first-order valence-electron chi connectivity index (χ1n) is 9.84. The lowest BCUT2D eigenvalue weighted by atomic mass is 10.1. The van der Waals surface area contributed by atoms with Crippen LogP contribution in [0.15, 0.2) is 40.9 Å². The number of aryl methyl sites for hydroxylation is 3. The number of hydrogen-bond acceptors (Lipinski definition) is 1. The van der Waals surface area contributed by atoms with E-state index in [1.165, 1.54) is 60.7 Å². The summed E-state index contributed by atoms with van der Waals surface area (Å²) >= 11 is 3.71. The normalized spacial score (nSPS) is 11.4. The number of hydrogen-bond donors (Lipinski definition) is 0. The molecule has 0 aliphatic heterocycles. The summed E-state index contributed by atoms with van der Waals surface area (Å²) in [5, 5.41) is 0. The van der Waals surface area contributed by atoms with Crippen molar-refractivity contribution in [2.45, 2.75) is 65.8 Å². The van der Waals surface area contributed by atoms with E-state index >= 15 is 0 Å². The van der Waals surface area contributed by atoms with Crippen LogP contribution in [0.4, 0.5) is 0 Å². The zero-order valence-electron chi connectivity index (χ0n) is 16.2. The minimum absolute atomic E-state index is 1.03. The molecule has 3 aromatic rings. The van der Waals surface area contributed by atoms with Gasteiger partial charge in [0.05, 0.1) is 11.0 Å². The Morgan fingerprint density at radius 3 is 2.38 bits per heavy atom. The highest BCUT2D eigenvalue weighted by Gasteiger charge is 2.15. The molecule has 0 unspecified atom stereocenters. The van der Waals surface area contributed by atoms with Crippen LogP contribution in [0.1, 0.15) is 56.6 Å². The number of benzene rings is 2. The maximum Gasteiger partial charge on any atom is 0.142 e. The Balaban J connectivity index is 1.94. The van der Waals surface area contributed by atoms with Gasteiger partial charge >= 0.3 is 0 Å². The summed E-state index contributed by atoms with van der Waals surface area (Å²) in [5.74, 6) is 1.08. The highest BCUT2D eigenvalue weighted by atomic mass is 79.9. The Labute approximate surface area is 165 Å². The molecule has 3 heteroatoms. The van der Waals surface area contributed by atoms with Crippen LogP contribution < -0.4 is 0 Å². The van der Waals surface area contributed by atoms with E-state index in [1.807, 2.05) is 0 Å². The van der Waals surface area contributed by atoms with Crippen molar-refractivity contribution in [2.75, 3.05) is 0 Å². The first-order valence-corrected chi connectivity index (χ1v) is 10.6. The van der Waals surface area contributed by atoms with Gasteiger partial charge in [-0.3, -0.25) is 0 Å². The lowest BCUT2D eigenvalue weighted by Crippen LogP contribution is -2.01. The molecule has 2 nitrogen and oxygen atoms in total.